The Hall–Kier alpha value is -2.10. The van der Waals surface area contributed by atoms with Crippen molar-refractivity contribution in [3.8, 4) is 0 Å². The topological polar surface area (TPSA) is 49.8 Å². The molecule has 0 aliphatic heterocycles. The summed E-state index contributed by atoms with van der Waals surface area (Å²) in [6.07, 6.45) is 5.37. The molecule has 124 valence electrons. The molecule has 2 aromatic rings. The largest absolute Gasteiger partial charge is 0.354 e. The number of anilines is 3. The lowest BCUT2D eigenvalue weighted by Crippen LogP contribution is -2.10. The molecule has 1 heterocycles. The normalized spacial score (nSPS) is 11.3. The summed E-state index contributed by atoms with van der Waals surface area (Å²) >= 11 is 0. The highest BCUT2D eigenvalue weighted by Gasteiger charge is 2.12. The number of aromatic nitrogens is 2. The molecule has 0 saturated carbocycles. The molecule has 4 heteroatoms. The molecule has 23 heavy (non-hydrogen) atoms. The molecule has 0 saturated heterocycles. The van der Waals surface area contributed by atoms with Gasteiger partial charge in [0.1, 0.15) is 5.82 Å². The summed E-state index contributed by atoms with van der Waals surface area (Å²) in [7, 11) is 0. The Bertz CT molecular complexity index is 600. The fraction of sp³-hybridized carbons (Fsp3) is 0.474. The molecular weight excluding hydrogens is 284 g/mol. The molecule has 4 nitrogen and oxygen atoms in total. The van der Waals surface area contributed by atoms with Crippen LogP contribution in [0, 0.1) is 0 Å². The monoisotopic (exact) mass is 312 g/mol. The highest BCUT2D eigenvalue weighted by molar-refractivity contribution is 5.57. The zero-order valence-corrected chi connectivity index (χ0v) is 14.7. The Labute approximate surface area is 139 Å². The fourth-order valence-electron chi connectivity index (χ4n) is 2.29. The first kappa shape index (κ1) is 17.3. The van der Waals surface area contributed by atoms with Crippen LogP contribution in [0.25, 0.3) is 0 Å². The highest BCUT2D eigenvalue weighted by Crippen LogP contribution is 2.24. The van der Waals surface area contributed by atoms with Crippen LogP contribution in [-0.2, 0) is 5.41 Å². The third-order valence-electron chi connectivity index (χ3n) is 3.74. The van der Waals surface area contributed by atoms with Gasteiger partial charge in [-0.15, -0.1) is 0 Å². The predicted octanol–water partition coefficient (Wildman–Crippen LogP) is 5.12. The summed E-state index contributed by atoms with van der Waals surface area (Å²) in [4.78, 5) is 8.77. The summed E-state index contributed by atoms with van der Waals surface area (Å²) in [5.74, 6) is 1.49. The maximum absolute atomic E-state index is 4.50. The molecule has 0 unspecified atom stereocenters. The SMILES string of the molecule is CCCCCNc1nccc(Nc2ccc(C(C)(C)C)cc2)n1. The number of unbranched alkanes of at least 4 members (excludes halogenated alkanes) is 2. The molecule has 0 radical (unpaired) electrons. The van der Waals surface area contributed by atoms with Crippen LogP contribution in [0.2, 0.25) is 0 Å². The van der Waals surface area contributed by atoms with E-state index in [2.05, 4.69) is 72.6 Å². The second kappa shape index (κ2) is 7.95. The number of rotatable bonds is 7. The molecule has 0 bridgehead atoms. The third-order valence-corrected chi connectivity index (χ3v) is 3.74. The van der Waals surface area contributed by atoms with Gasteiger partial charge in [0.15, 0.2) is 0 Å². The Morgan fingerprint density at radius 2 is 1.74 bits per heavy atom. The summed E-state index contributed by atoms with van der Waals surface area (Å²) in [5, 5.41) is 6.61. The molecular formula is C19H28N4. The molecule has 0 fully saturated rings. The molecule has 0 aliphatic carbocycles. The average molecular weight is 312 g/mol. The first-order valence-electron chi connectivity index (χ1n) is 8.43. The van der Waals surface area contributed by atoms with E-state index < -0.39 is 0 Å². The van der Waals surface area contributed by atoms with Gasteiger partial charge in [-0.3, -0.25) is 0 Å². The first-order valence-corrected chi connectivity index (χ1v) is 8.43. The number of benzene rings is 1. The van der Waals surface area contributed by atoms with Gasteiger partial charge in [-0.25, -0.2) is 4.98 Å². The van der Waals surface area contributed by atoms with Crippen LogP contribution in [0.1, 0.15) is 52.5 Å². The fourth-order valence-corrected chi connectivity index (χ4v) is 2.29. The Balaban J connectivity index is 1.97. The molecule has 0 spiro atoms. The molecule has 0 atom stereocenters. The van der Waals surface area contributed by atoms with Crippen LogP contribution < -0.4 is 10.6 Å². The van der Waals surface area contributed by atoms with E-state index >= 15 is 0 Å². The maximum Gasteiger partial charge on any atom is 0.224 e. The van der Waals surface area contributed by atoms with E-state index in [1.807, 2.05) is 6.07 Å². The summed E-state index contributed by atoms with van der Waals surface area (Å²) in [5.41, 5.74) is 2.53. The lowest BCUT2D eigenvalue weighted by atomic mass is 9.87. The minimum absolute atomic E-state index is 0.170. The van der Waals surface area contributed by atoms with Gasteiger partial charge in [-0.2, -0.15) is 4.98 Å². The van der Waals surface area contributed by atoms with E-state index in [1.54, 1.807) is 6.20 Å². The van der Waals surface area contributed by atoms with Crippen LogP contribution in [0.3, 0.4) is 0 Å². The minimum atomic E-state index is 0.170. The minimum Gasteiger partial charge on any atom is -0.354 e. The van der Waals surface area contributed by atoms with Crippen molar-refractivity contribution in [2.75, 3.05) is 17.2 Å². The van der Waals surface area contributed by atoms with E-state index in [1.165, 1.54) is 18.4 Å². The van der Waals surface area contributed by atoms with Gasteiger partial charge in [0.25, 0.3) is 0 Å². The third kappa shape index (κ3) is 5.55. The van der Waals surface area contributed by atoms with Gasteiger partial charge >= 0.3 is 0 Å². The number of nitrogens with one attached hydrogen (secondary N) is 2. The summed E-state index contributed by atoms with van der Waals surface area (Å²) < 4.78 is 0. The quantitative estimate of drug-likeness (QED) is 0.697. The van der Waals surface area contributed by atoms with E-state index in [-0.39, 0.29) is 5.41 Å². The van der Waals surface area contributed by atoms with Crippen molar-refractivity contribution in [3.63, 3.8) is 0 Å². The number of hydrogen-bond donors (Lipinski definition) is 2. The zero-order valence-electron chi connectivity index (χ0n) is 14.7. The standard InChI is InChI=1S/C19H28N4/c1-5-6-7-13-20-18-21-14-12-17(23-18)22-16-10-8-15(9-11-16)19(2,3)4/h8-12,14H,5-7,13H2,1-4H3,(H2,20,21,22,23). The number of hydrogen-bond acceptors (Lipinski definition) is 4. The van der Waals surface area contributed by atoms with Gasteiger partial charge in [-0.1, -0.05) is 52.7 Å². The zero-order chi connectivity index (χ0) is 16.7. The van der Waals surface area contributed by atoms with Crippen LogP contribution in [-0.4, -0.2) is 16.5 Å². The molecule has 0 amide bonds. The Morgan fingerprint density at radius 3 is 2.39 bits per heavy atom. The highest BCUT2D eigenvalue weighted by atomic mass is 15.1. The van der Waals surface area contributed by atoms with Crippen LogP contribution in [0.5, 0.6) is 0 Å². The van der Waals surface area contributed by atoms with Gasteiger partial charge in [0, 0.05) is 18.4 Å². The van der Waals surface area contributed by atoms with Crippen LogP contribution in [0.4, 0.5) is 17.5 Å². The van der Waals surface area contributed by atoms with Crippen molar-refractivity contribution in [1.82, 2.24) is 9.97 Å². The van der Waals surface area contributed by atoms with E-state index in [0.29, 0.717) is 5.95 Å². The molecule has 1 aromatic carbocycles. The van der Waals surface area contributed by atoms with Crippen molar-refractivity contribution in [2.24, 2.45) is 0 Å². The van der Waals surface area contributed by atoms with Gasteiger partial charge < -0.3 is 10.6 Å². The molecule has 1 aromatic heterocycles. The second-order valence-corrected chi connectivity index (χ2v) is 6.85. The average Bonchev–Trinajstić information content (AvgIpc) is 2.52. The lowest BCUT2D eigenvalue weighted by Gasteiger charge is -2.19. The lowest BCUT2D eigenvalue weighted by molar-refractivity contribution is 0.590. The maximum atomic E-state index is 4.50. The smallest absolute Gasteiger partial charge is 0.224 e. The molecule has 0 aliphatic rings. The summed E-state index contributed by atoms with van der Waals surface area (Å²) in [6.45, 7) is 9.77. The van der Waals surface area contributed by atoms with Crippen LogP contribution >= 0.6 is 0 Å². The number of nitrogens with zero attached hydrogens (tertiary/aromatic N) is 2. The van der Waals surface area contributed by atoms with E-state index in [0.717, 1.165) is 24.5 Å². The van der Waals surface area contributed by atoms with Crippen molar-refractivity contribution in [1.29, 1.82) is 0 Å². The Morgan fingerprint density at radius 1 is 1.00 bits per heavy atom. The van der Waals surface area contributed by atoms with Crippen molar-refractivity contribution >= 4 is 17.5 Å². The first-order chi connectivity index (χ1) is 11.0. The second-order valence-electron chi connectivity index (χ2n) is 6.85. The van der Waals surface area contributed by atoms with Gasteiger partial charge in [0.05, 0.1) is 0 Å². The summed E-state index contributed by atoms with van der Waals surface area (Å²) in [6, 6.07) is 10.4. The Kier molecular flexibility index (Phi) is 5.97. The van der Waals surface area contributed by atoms with Crippen molar-refractivity contribution in [2.45, 2.75) is 52.4 Å². The van der Waals surface area contributed by atoms with Gasteiger partial charge in [-0.05, 0) is 35.6 Å². The van der Waals surface area contributed by atoms with Gasteiger partial charge in [0.2, 0.25) is 5.95 Å². The van der Waals surface area contributed by atoms with Crippen LogP contribution in [0.15, 0.2) is 36.5 Å². The van der Waals surface area contributed by atoms with E-state index in [9.17, 15) is 0 Å². The van der Waals surface area contributed by atoms with Crippen molar-refractivity contribution < 1.29 is 0 Å². The van der Waals surface area contributed by atoms with E-state index in [4.69, 9.17) is 0 Å². The molecule has 2 rings (SSSR count). The predicted molar refractivity (Wildman–Crippen MR) is 98.5 cm³/mol. The molecule has 2 N–H and O–H groups in total. The van der Waals surface area contributed by atoms with Crippen molar-refractivity contribution in [3.05, 3.63) is 42.1 Å².